The van der Waals surface area contributed by atoms with Gasteiger partial charge in [0.15, 0.2) is 11.6 Å². The molecule has 3 heterocycles. The molecule has 0 aliphatic carbocycles. The van der Waals surface area contributed by atoms with Crippen molar-refractivity contribution in [1.82, 2.24) is 15.0 Å². The molecule has 2 aromatic rings. The van der Waals surface area contributed by atoms with Crippen LogP contribution < -0.4 is 10.2 Å². The number of aromatic nitrogens is 3. The lowest BCUT2D eigenvalue weighted by Gasteiger charge is -2.24. The molecule has 28 heavy (non-hydrogen) atoms. The van der Waals surface area contributed by atoms with Gasteiger partial charge >= 0.3 is 6.09 Å². The number of pyridine rings is 1. The van der Waals surface area contributed by atoms with Crippen LogP contribution in [-0.2, 0) is 4.74 Å². The monoisotopic (exact) mass is 429 g/mol. The molecule has 0 aromatic carbocycles. The topological polar surface area (TPSA) is 100 Å². The van der Waals surface area contributed by atoms with Gasteiger partial charge in [-0.2, -0.15) is 4.98 Å². The highest BCUT2D eigenvalue weighted by Crippen LogP contribution is 2.29. The molecule has 1 fully saturated rings. The number of nitrogens with one attached hydrogen (secondary N) is 1. The van der Waals surface area contributed by atoms with Crippen molar-refractivity contribution in [3.05, 3.63) is 40.0 Å². The molecule has 11 heteroatoms. The first-order chi connectivity index (χ1) is 13.3. The summed E-state index contributed by atoms with van der Waals surface area (Å²) in [4.78, 5) is 25.1. The van der Waals surface area contributed by atoms with Crippen molar-refractivity contribution >= 4 is 41.1 Å². The molecule has 0 bridgehead atoms. The molecule has 1 saturated heterocycles. The standard InChI is InChI=1S/C17H18Cl2FN5O3/c1-3-13(26)12-7-28-17(27)25(12)15-11(20)6-22-16(24-15)23-8(2)9-4-10(18)14(19)21-5-9/h4-6,8,12-13,26H,3,7H2,1-2H3,(H,22,23,24)/t8-,12+,13+/m0/s1. The van der Waals surface area contributed by atoms with Gasteiger partial charge in [-0.05, 0) is 25.0 Å². The van der Waals surface area contributed by atoms with Crippen LogP contribution in [0.3, 0.4) is 0 Å². The Labute approximate surface area is 170 Å². The number of halogens is 3. The Bertz CT molecular complexity index is 888. The number of cyclic esters (lactones) is 1. The van der Waals surface area contributed by atoms with Crippen LogP contribution in [0.15, 0.2) is 18.5 Å². The van der Waals surface area contributed by atoms with E-state index in [1.807, 2.05) is 0 Å². The van der Waals surface area contributed by atoms with Crippen molar-refractivity contribution in [2.24, 2.45) is 0 Å². The van der Waals surface area contributed by atoms with Crippen molar-refractivity contribution < 1.29 is 19.0 Å². The Morgan fingerprint density at radius 2 is 2.18 bits per heavy atom. The Kier molecular flexibility index (Phi) is 6.17. The first-order valence-electron chi connectivity index (χ1n) is 8.55. The highest BCUT2D eigenvalue weighted by atomic mass is 35.5. The highest BCUT2D eigenvalue weighted by Gasteiger charge is 2.40. The number of ether oxygens (including phenoxy) is 1. The molecule has 3 rings (SSSR count). The Morgan fingerprint density at radius 3 is 2.86 bits per heavy atom. The number of anilines is 2. The predicted molar refractivity (Wildman–Crippen MR) is 102 cm³/mol. The number of rotatable bonds is 6. The number of aliphatic hydroxyl groups is 1. The van der Waals surface area contributed by atoms with Crippen LogP contribution in [0.2, 0.25) is 10.2 Å². The molecular formula is C17H18Cl2FN5O3. The molecule has 1 amide bonds. The molecular weight excluding hydrogens is 412 g/mol. The zero-order chi connectivity index (χ0) is 20.4. The molecule has 3 atom stereocenters. The Hall–Kier alpha value is -2.23. The van der Waals surface area contributed by atoms with Gasteiger partial charge < -0.3 is 15.2 Å². The number of carbonyl (C=O) groups is 1. The van der Waals surface area contributed by atoms with Crippen LogP contribution in [0.25, 0.3) is 0 Å². The second kappa shape index (κ2) is 8.42. The van der Waals surface area contributed by atoms with Gasteiger partial charge in [0.1, 0.15) is 17.8 Å². The van der Waals surface area contributed by atoms with Crippen molar-refractivity contribution in [2.45, 2.75) is 38.5 Å². The van der Waals surface area contributed by atoms with Crippen LogP contribution in [-0.4, -0.2) is 44.9 Å². The minimum Gasteiger partial charge on any atom is -0.447 e. The summed E-state index contributed by atoms with van der Waals surface area (Å²) in [5.41, 5.74) is 0.712. The van der Waals surface area contributed by atoms with Gasteiger partial charge in [-0.1, -0.05) is 30.1 Å². The number of aliphatic hydroxyl groups excluding tert-OH is 1. The van der Waals surface area contributed by atoms with Crippen LogP contribution in [0.1, 0.15) is 31.9 Å². The predicted octanol–water partition coefficient (Wildman–Crippen LogP) is 3.59. The number of nitrogens with zero attached hydrogens (tertiary/aromatic N) is 4. The molecule has 8 nitrogen and oxygen atoms in total. The van der Waals surface area contributed by atoms with Crippen molar-refractivity contribution in [3.8, 4) is 0 Å². The molecule has 2 aromatic heterocycles. The van der Waals surface area contributed by atoms with Gasteiger partial charge in [-0.15, -0.1) is 0 Å². The van der Waals surface area contributed by atoms with E-state index in [0.29, 0.717) is 17.0 Å². The fraction of sp³-hybridized carbons (Fsp3) is 0.412. The first-order valence-corrected chi connectivity index (χ1v) is 9.31. The van der Waals surface area contributed by atoms with E-state index in [9.17, 15) is 14.3 Å². The molecule has 1 aliphatic rings. The minimum atomic E-state index is -0.876. The summed E-state index contributed by atoms with van der Waals surface area (Å²) < 4.78 is 19.3. The zero-order valence-corrected chi connectivity index (χ0v) is 16.6. The Morgan fingerprint density at radius 1 is 1.43 bits per heavy atom. The second-order valence-corrected chi connectivity index (χ2v) is 7.03. The van der Waals surface area contributed by atoms with Crippen LogP contribution in [0.4, 0.5) is 21.0 Å². The molecule has 2 N–H and O–H groups in total. The summed E-state index contributed by atoms with van der Waals surface area (Å²) in [6.45, 7) is 3.51. The third kappa shape index (κ3) is 4.11. The van der Waals surface area contributed by atoms with Gasteiger partial charge in [0, 0.05) is 6.20 Å². The van der Waals surface area contributed by atoms with Crippen LogP contribution >= 0.6 is 23.2 Å². The summed E-state index contributed by atoms with van der Waals surface area (Å²) in [5, 5.41) is 13.6. The van der Waals surface area contributed by atoms with E-state index >= 15 is 0 Å². The summed E-state index contributed by atoms with van der Waals surface area (Å²) in [6, 6.07) is 0.583. The number of hydrogen-bond acceptors (Lipinski definition) is 7. The number of carbonyl (C=O) groups excluding carboxylic acids is 1. The summed E-state index contributed by atoms with van der Waals surface area (Å²) in [7, 11) is 0. The van der Waals surface area contributed by atoms with Gasteiger partial charge in [-0.3, -0.25) is 0 Å². The molecule has 0 spiro atoms. The Balaban J connectivity index is 1.86. The SMILES string of the molecule is CC[C@@H](O)[C@H]1COC(=O)N1c1nc(N[C@@H](C)c2cnc(Cl)c(Cl)c2)ncc1F. The van der Waals surface area contributed by atoms with Crippen molar-refractivity contribution in [3.63, 3.8) is 0 Å². The van der Waals surface area contributed by atoms with Crippen LogP contribution in [0.5, 0.6) is 0 Å². The van der Waals surface area contributed by atoms with Crippen LogP contribution in [0, 0.1) is 5.82 Å². The largest absolute Gasteiger partial charge is 0.447 e. The molecule has 1 aliphatic heterocycles. The quantitative estimate of drug-likeness (QED) is 0.676. The van der Waals surface area contributed by atoms with E-state index < -0.39 is 24.1 Å². The summed E-state index contributed by atoms with van der Waals surface area (Å²) in [5.74, 6) is -0.988. The normalized spacial score (nSPS) is 18.7. The minimum absolute atomic E-state index is 0.0502. The van der Waals surface area contributed by atoms with E-state index in [-0.39, 0.29) is 29.6 Å². The lowest BCUT2D eigenvalue weighted by molar-refractivity contribution is 0.125. The average Bonchev–Trinajstić information content (AvgIpc) is 3.06. The fourth-order valence-electron chi connectivity index (χ4n) is 2.78. The average molecular weight is 430 g/mol. The van der Waals surface area contributed by atoms with Gasteiger partial charge in [0.2, 0.25) is 5.95 Å². The van der Waals surface area contributed by atoms with Crippen molar-refractivity contribution in [1.29, 1.82) is 0 Å². The molecule has 0 saturated carbocycles. The second-order valence-electron chi connectivity index (χ2n) is 6.26. The fourth-order valence-corrected chi connectivity index (χ4v) is 3.06. The van der Waals surface area contributed by atoms with Gasteiger partial charge in [-0.25, -0.2) is 24.1 Å². The maximum atomic E-state index is 14.4. The third-order valence-corrected chi connectivity index (χ3v) is 5.07. The summed E-state index contributed by atoms with van der Waals surface area (Å²) >= 11 is 11.8. The number of amides is 1. The molecule has 0 unspecified atom stereocenters. The van der Waals surface area contributed by atoms with E-state index in [1.54, 1.807) is 26.1 Å². The molecule has 0 radical (unpaired) electrons. The van der Waals surface area contributed by atoms with Gasteiger partial charge in [0.25, 0.3) is 0 Å². The zero-order valence-electron chi connectivity index (χ0n) is 15.1. The lowest BCUT2D eigenvalue weighted by Crippen LogP contribution is -2.43. The first kappa shape index (κ1) is 20.5. The third-order valence-electron chi connectivity index (χ3n) is 4.39. The van der Waals surface area contributed by atoms with Crippen molar-refractivity contribution in [2.75, 3.05) is 16.8 Å². The smallest absolute Gasteiger partial charge is 0.416 e. The molecule has 150 valence electrons. The van der Waals surface area contributed by atoms with Gasteiger partial charge in [0.05, 0.1) is 23.4 Å². The van der Waals surface area contributed by atoms with E-state index in [4.69, 9.17) is 27.9 Å². The summed E-state index contributed by atoms with van der Waals surface area (Å²) in [6.07, 6.45) is 1.21. The van der Waals surface area contributed by atoms with E-state index in [0.717, 1.165) is 11.1 Å². The number of hydrogen-bond donors (Lipinski definition) is 2. The lowest BCUT2D eigenvalue weighted by atomic mass is 10.1. The maximum Gasteiger partial charge on any atom is 0.416 e. The van der Waals surface area contributed by atoms with E-state index in [2.05, 4.69) is 20.3 Å². The highest BCUT2D eigenvalue weighted by molar-refractivity contribution is 6.41. The maximum absolute atomic E-state index is 14.4. The van der Waals surface area contributed by atoms with E-state index in [1.165, 1.54) is 0 Å².